The summed E-state index contributed by atoms with van der Waals surface area (Å²) in [5.41, 5.74) is 6.17. The van der Waals surface area contributed by atoms with E-state index in [0.717, 1.165) is 12.3 Å². The monoisotopic (exact) mass is 225 g/mol. The van der Waals surface area contributed by atoms with Gasteiger partial charge < -0.3 is 15.2 Å². The van der Waals surface area contributed by atoms with Crippen LogP contribution >= 0.6 is 0 Å². The molecule has 5 heteroatoms. The Morgan fingerprint density at radius 2 is 2.12 bits per heavy atom. The van der Waals surface area contributed by atoms with Gasteiger partial charge in [0.1, 0.15) is 6.61 Å². The summed E-state index contributed by atoms with van der Waals surface area (Å²) in [5.74, 6) is 1.04. The Kier molecular flexibility index (Phi) is 5.74. The molecule has 0 aliphatic heterocycles. The first kappa shape index (κ1) is 12.9. The van der Waals surface area contributed by atoms with Crippen molar-refractivity contribution in [2.24, 2.45) is 11.7 Å². The van der Waals surface area contributed by atoms with Crippen molar-refractivity contribution in [2.45, 2.75) is 20.4 Å². The van der Waals surface area contributed by atoms with Gasteiger partial charge in [0.2, 0.25) is 5.88 Å². The molecular weight excluding hydrogens is 206 g/mol. The fourth-order valence-electron chi connectivity index (χ4n) is 1.08. The maximum Gasteiger partial charge on any atom is 0.232 e. The summed E-state index contributed by atoms with van der Waals surface area (Å²) >= 11 is 0. The molecule has 1 rings (SSSR count). The zero-order valence-corrected chi connectivity index (χ0v) is 9.85. The Hall–Kier alpha value is -1.20. The zero-order valence-electron chi connectivity index (χ0n) is 9.85. The van der Waals surface area contributed by atoms with E-state index in [-0.39, 0.29) is 0 Å². The summed E-state index contributed by atoms with van der Waals surface area (Å²) in [6.07, 6.45) is 3.20. The highest BCUT2D eigenvalue weighted by Gasteiger charge is 1.99. The van der Waals surface area contributed by atoms with Crippen LogP contribution in [0.3, 0.4) is 0 Å². The third-order valence-electron chi connectivity index (χ3n) is 1.80. The molecule has 0 spiro atoms. The van der Waals surface area contributed by atoms with E-state index in [0.29, 0.717) is 31.6 Å². The first-order valence-corrected chi connectivity index (χ1v) is 5.44. The van der Waals surface area contributed by atoms with Crippen molar-refractivity contribution < 1.29 is 9.47 Å². The molecule has 0 radical (unpaired) electrons. The van der Waals surface area contributed by atoms with Crippen molar-refractivity contribution in [1.82, 2.24) is 9.97 Å². The van der Waals surface area contributed by atoms with Crippen molar-refractivity contribution in [3.05, 3.63) is 18.1 Å². The van der Waals surface area contributed by atoms with E-state index in [4.69, 9.17) is 15.2 Å². The van der Waals surface area contributed by atoms with Gasteiger partial charge in [-0.15, -0.1) is 0 Å². The van der Waals surface area contributed by atoms with Crippen LogP contribution in [-0.4, -0.2) is 29.8 Å². The van der Waals surface area contributed by atoms with Crippen molar-refractivity contribution in [2.75, 3.05) is 19.8 Å². The molecule has 0 aliphatic rings. The largest absolute Gasteiger partial charge is 0.474 e. The number of hydrogen-bond acceptors (Lipinski definition) is 5. The molecule has 0 bridgehead atoms. The van der Waals surface area contributed by atoms with Crippen LogP contribution in [0.1, 0.15) is 19.5 Å². The fourth-order valence-corrected chi connectivity index (χ4v) is 1.08. The first-order valence-electron chi connectivity index (χ1n) is 5.44. The average Bonchev–Trinajstić information content (AvgIpc) is 2.28. The SMILES string of the molecule is CC(C)COCCOc1cncc(CN)n1. The fraction of sp³-hybridized carbons (Fsp3) is 0.636. The number of rotatable bonds is 7. The maximum absolute atomic E-state index is 5.45. The summed E-state index contributed by atoms with van der Waals surface area (Å²) in [5, 5.41) is 0. The van der Waals surface area contributed by atoms with Gasteiger partial charge >= 0.3 is 0 Å². The van der Waals surface area contributed by atoms with Gasteiger partial charge in [0.25, 0.3) is 0 Å². The van der Waals surface area contributed by atoms with Crippen LogP contribution in [0.25, 0.3) is 0 Å². The topological polar surface area (TPSA) is 70.3 Å². The number of hydrogen-bond donors (Lipinski definition) is 1. The molecule has 0 aliphatic carbocycles. The normalized spacial score (nSPS) is 10.8. The van der Waals surface area contributed by atoms with E-state index < -0.39 is 0 Å². The molecule has 1 heterocycles. The summed E-state index contributed by atoms with van der Waals surface area (Å²) in [4.78, 5) is 8.13. The molecule has 0 saturated carbocycles. The zero-order chi connectivity index (χ0) is 11.8. The van der Waals surface area contributed by atoms with Gasteiger partial charge in [0.15, 0.2) is 0 Å². The van der Waals surface area contributed by atoms with Crippen LogP contribution in [0, 0.1) is 5.92 Å². The van der Waals surface area contributed by atoms with Crippen molar-refractivity contribution in [3.8, 4) is 5.88 Å². The van der Waals surface area contributed by atoms with Gasteiger partial charge in [-0.1, -0.05) is 13.8 Å². The lowest BCUT2D eigenvalue weighted by Crippen LogP contribution is -2.11. The van der Waals surface area contributed by atoms with E-state index >= 15 is 0 Å². The van der Waals surface area contributed by atoms with E-state index in [1.807, 2.05) is 0 Å². The summed E-state index contributed by atoms with van der Waals surface area (Å²) in [6.45, 7) is 6.38. The Labute approximate surface area is 96.0 Å². The summed E-state index contributed by atoms with van der Waals surface area (Å²) in [6, 6.07) is 0. The standard InChI is InChI=1S/C11H19N3O2/c1-9(2)8-15-3-4-16-11-7-13-6-10(5-12)14-11/h6-7,9H,3-5,8,12H2,1-2H3. The minimum absolute atomic E-state index is 0.369. The second-order valence-electron chi connectivity index (χ2n) is 3.87. The Morgan fingerprint density at radius 1 is 1.31 bits per heavy atom. The average molecular weight is 225 g/mol. The summed E-state index contributed by atoms with van der Waals surface area (Å²) < 4.78 is 10.8. The lowest BCUT2D eigenvalue weighted by molar-refractivity contribution is 0.0804. The molecule has 0 unspecified atom stereocenters. The Balaban J connectivity index is 2.21. The van der Waals surface area contributed by atoms with E-state index in [2.05, 4.69) is 23.8 Å². The number of nitrogens with zero attached hydrogens (tertiary/aromatic N) is 2. The first-order chi connectivity index (χ1) is 7.72. The number of nitrogens with two attached hydrogens (primary N) is 1. The lowest BCUT2D eigenvalue weighted by Gasteiger charge is -2.08. The number of ether oxygens (including phenoxy) is 2. The van der Waals surface area contributed by atoms with Gasteiger partial charge in [-0.2, -0.15) is 0 Å². The third kappa shape index (κ3) is 5.04. The highest BCUT2D eigenvalue weighted by Crippen LogP contribution is 2.04. The molecule has 5 nitrogen and oxygen atoms in total. The highest BCUT2D eigenvalue weighted by molar-refractivity contribution is 5.07. The molecule has 16 heavy (non-hydrogen) atoms. The van der Waals surface area contributed by atoms with Crippen LogP contribution in [-0.2, 0) is 11.3 Å². The Morgan fingerprint density at radius 3 is 2.81 bits per heavy atom. The predicted molar refractivity (Wildman–Crippen MR) is 61.1 cm³/mol. The number of aromatic nitrogens is 2. The van der Waals surface area contributed by atoms with Crippen LogP contribution in [0.15, 0.2) is 12.4 Å². The van der Waals surface area contributed by atoms with Crippen molar-refractivity contribution >= 4 is 0 Å². The molecule has 90 valence electrons. The van der Waals surface area contributed by atoms with Gasteiger partial charge in [-0.25, -0.2) is 4.98 Å². The molecule has 0 saturated heterocycles. The lowest BCUT2D eigenvalue weighted by atomic mass is 10.2. The second-order valence-corrected chi connectivity index (χ2v) is 3.87. The molecule has 1 aromatic heterocycles. The predicted octanol–water partition coefficient (Wildman–Crippen LogP) is 0.987. The van der Waals surface area contributed by atoms with Gasteiger partial charge in [-0.05, 0) is 5.92 Å². The minimum atomic E-state index is 0.369. The molecule has 0 amide bonds. The van der Waals surface area contributed by atoms with Gasteiger partial charge in [0, 0.05) is 19.3 Å². The molecule has 1 aromatic rings. The van der Waals surface area contributed by atoms with Crippen molar-refractivity contribution in [3.63, 3.8) is 0 Å². The van der Waals surface area contributed by atoms with E-state index in [1.54, 1.807) is 12.4 Å². The van der Waals surface area contributed by atoms with Crippen LogP contribution in [0.4, 0.5) is 0 Å². The second kappa shape index (κ2) is 7.14. The maximum atomic E-state index is 5.45. The van der Waals surface area contributed by atoms with E-state index in [1.165, 1.54) is 0 Å². The van der Waals surface area contributed by atoms with E-state index in [9.17, 15) is 0 Å². The molecule has 0 atom stereocenters. The summed E-state index contributed by atoms with van der Waals surface area (Å²) in [7, 11) is 0. The molecule has 0 aromatic carbocycles. The third-order valence-corrected chi connectivity index (χ3v) is 1.80. The smallest absolute Gasteiger partial charge is 0.232 e. The molecule has 2 N–H and O–H groups in total. The Bertz CT molecular complexity index is 305. The molecule has 0 fully saturated rings. The van der Waals surface area contributed by atoms with Crippen LogP contribution < -0.4 is 10.5 Å². The van der Waals surface area contributed by atoms with Crippen LogP contribution in [0.5, 0.6) is 5.88 Å². The quantitative estimate of drug-likeness (QED) is 0.701. The molecular formula is C11H19N3O2. The highest BCUT2D eigenvalue weighted by atomic mass is 16.5. The minimum Gasteiger partial charge on any atom is -0.474 e. The van der Waals surface area contributed by atoms with Gasteiger partial charge in [-0.3, -0.25) is 4.98 Å². The van der Waals surface area contributed by atoms with Gasteiger partial charge in [0.05, 0.1) is 18.5 Å². The van der Waals surface area contributed by atoms with Crippen molar-refractivity contribution in [1.29, 1.82) is 0 Å². The van der Waals surface area contributed by atoms with Crippen LogP contribution in [0.2, 0.25) is 0 Å².